The molecule has 1 fully saturated rings. The zero-order valence-electron chi connectivity index (χ0n) is 30.3. The minimum absolute atomic E-state index is 0.00161. The minimum atomic E-state index is -2.27. The number of carbonyl (C=O) groups is 2. The lowest BCUT2D eigenvalue weighted by Crippen LogP contribution is -2.46. The van der Waals surface area contributed by atoms with Gasteiger partial charge in [0.05, 0.1) is 36.4 Å². The number of aliphatic hydroxyl groups excluding tert-OH is 1. The van der Waals surface area contributed by atoms with E-state index < -0.39 is 55.9 Å². The summed E-state index contributed by atoms with van der Waals surface area (Å²) < 4.78 is 24.1. The predicted octanol–water partition coefficient (Wildman–Crippen LogP) is 6.17. The fourth-order valence-corrected chi connectivity index (χ4v) is 7.05. The fraction of sp³-hybridized carbons (Fsp3) is 0.778. The van der Waals surface area contributed by atoms with Crippen molar-refractivity contribution >= 4 is 20.3 Å². The summed E-state index contributed by atoms with van der Waals surface area (Å²) in [5.74, 6) is -1.22. The number of hydrogen-bond donors (Lipinski definition) is 3. The highest BCUT2D eigenvalue weighted by atomic mass is 28.4. The number of allylic oxidation sites excluding steroid dienone is 2. The molecule has 0 saturated carbocycles. The summed E-state index contributed by atoms with van der Waals surface area (Å²) in [5, 5.41) is 32.6. The van der Waals surface area contributed by atoms with Crippen molar-refractivity contribution in [3.63, 3.8) is 0 Å². The molecule has 3 N–H and O–H groups in total. The number of carbonyl (C=O) groups excluding carboxylic acids is 2. The molecule has 0 spiro atoms. The van der Waals surface area contributed by atoms with Crippen LogP contribution in [0.25, 0.3) is 0 Å². The van der Waals surface area contributed by atoms with Crippen LogP contribution >= 0.6 is 0 Å². The fourth-order valence-electron chi connectivity index (χ4n) is 5.66. The third-order valence-electron chi connectivity index (χ3n) is 9.91. The Kier molecular flexibility index (Phi) is 14.1. The Balaban J connectivity index is 2.33. The lowest BCUT2D eigenvalue weighted by Gasteiger charge is -2.40. The first-order chi connectivity index (χ1) is 21.0. The smallest absolute Gasteiger partial charge is 0.308 e. The van der Waals surface area contributed by atoms with Crippen LogP contribution in [0.3, 0.4) is 0 Å². The summed E-state index contributed by atoms with van der Waals surface area (Å²) in [4.78, 5) is 25.4. The van der Waals surface area contributed by atoms with E-state index in [4.69, 9.17) is 18.6 Å². The van der Waals surface area contributed by atoms with Gasteiger partial charge in [-0.05, 0) is 69.8 Å². The molecule has 46 heavy (non-hydrogen) atoms. The Morgan fingerprint density at radius 3 is 2.41 bits per heavy atom. The molecular weight excluding hydrogens is 604 g/mol. The van der Waals surface area contributed by atoms with Crippen molar-refractivity contribution < 1.29 is 43.5 Å². The summed E-state index contributed by atoms with van der Waals surface area (Å²) in [7, 11) is -2.27. The summed E-state index contributed by atoms with van der Waals surface area (Å²) in [5.41, 5.74) is -1.77. The summed E-state index contributed by atoms with van der Waals surface area (Å²) in [6.45, 7) is 23.0. The first-order valence-electron chi connectivity index (χ1n) is 16.9. The first kappa shape index (κ1) is 40.4. The van der Waals surface area contributed by atoms with Crippen LogP contribution in [-0.2, 0) is 28.2 Å². The topological polar surface area (TPSA) is 135 Å². The molecule has 0 radical (unpaired) electrons. The molecule has 0 aromatic heterocycles. The van der Waals surface area contributed by atoms with Crippen LogP contribution in [0, 0.1) is 11.8 Å². The molecule has 9 nitrogen and oxygen atoms in total. The molecule has 0 aromatic carbocycles. The third kappa shape index (κ3) is 12.0. The summed E-state index contributed by atoms with van der Waals surface area (Å²) in [6, 6.07) is 0. The molecule has 0 aromatic rings. The zero-order chi connectivity index (χ0) is 35.3. The monoisotopic (exact) mass is 666 g/mol. The summed E-state index contributed by atoms with van der Waals surface area (Å²) in [6.07, 6.45) is 7.81. The molecule has 2 aliphatic heterocycles. The van der Waals surface area contributed by atoms with Crippen LogP contribution in [0.1, 0.15) is 101 Å². The second-order valence-electron chi connectivity index (χ2n) is 15.6. The third-order valence-corrected chi connectivity index (χ3v) is 14.4. The zero-order valence-corrected chi connectivity index (χ0v) is 31.3. The van der Waals surface area contributed by atoms with E-state index >= 15 is 0 Å². The molecule has 264 valence electrons. The van der Waals surface area contributed by atoms with Gasteiger partial charge in [0.2, 0.25) is 0 Å². The number of epoxide rings is 1. The SMILES string of the molecule is CC[C@H](O)[C@@H](C)[C@@H]1O[C@@H]1C[C@@](C)(O)/C=C/C=C(\C)[C@H]1OC(=O)C[C@H](O[Si](C)(C)C(C)(C)C)CC[C@@](C)(O)[C@@H](OC(C)=O)/C=C\[C@@H]1C. The van der Waals surface area contributed by atoms with Crippen molar-refractivity contribution in [3.05, 3.63) is 36.0 Å². The quantitative estimate of drug-likeness (QED) is 0.0779. The molecule has 0 aliphatic carbocycles. The highest BCUT2D eigenvalue weighted by molar-refractivity contribution is 6.74. The number of cyclic esters (lactones) is 1. The maximum atomic E-state index is 13.4. The normalized spacial score (nSPS) is 33.6. The lowest BCUT2D eigenvalue weighted by atomic mass is 9.88. The van der Waals surface area contributed by atoms with E-state index in [1.54, 1.807) is 38.2 Å². The van der Waals surface area contributed by atoms with Gasteiger partial charge in [0.25, 0.3) is 0 Å². The second kappa shape index (κ2) is 16.1. The average molecular weight is 667 g/mol. The second-order valence-corrected chi connectivity index (χ2v) is 20.3. The Hall–Kier alpha value is -1.82. The van der Waals surface area contributed by atoms with Crippen molar-refractivity contribution in [2.24, 2.45) is 11.8 Å². The van der Waals surface area contributed by atoms with Crippen LogP contribution in [0.5, 0.6) is 0 Å². The van der Waals surface area contributed by atoms with Crippen LogP contribution in [0.15, 0.2) is 36.0 Å². The molecule has 10 heteroatoms. The van der Waals surface area contributed by atoms with E-state index in [1.165, 1.54) is 6.92 Å². The van der Waals surface area contributed by atoms with Gasteiger partial charge < -0.3 is 34.0 Å². The molecule has 1 saturated heterocycles. The number of rotatable bonds is 11. The van der Waals surface area contributed by atoms with Gasteiger partial charge in [0.15, 0.2) is 8.32 Å². The predicted molar refractivity (Wildman–Crippen MR) is 183 cm³/mol. The number of ether oxygens (including phenoxy) is 3. The molecule has 0 amide bonds. The van der Waals surface area contributed by atoms with E-state index in [-0.39, 0.29) is 41.9 Å². The van der Waals surface area contributed by atoms with Crippen molar-refractivity contribution in [3.8, 4) is 0 Å². The van der Waals surface area contributed by atoms with Crippen molar-refractivity contribution in [1.29, 1.82) is 0 Å². The standard InChI is InChI=1S/C36H62O9Si/c1-13-28(38)25(4)33-29(43-33)22-35(9,40)19-14-15-23(2)32-24(3)16-17-30(42-26(5)37)36(10,41)20-18-27(21-31(39)44-32)45-46(11,12)34(6,7)8/h14-17,19,24-25,27-30,32-33,38,40-41H,13,18,20-22H2,1-12H3/b17-16-,19-14+,23-15+/t24-,25+,27+,28-,29+,30-,32+,33-,35-,36+/m0/s1. The van der Waals surface area contributed by atoms with Crippen molar-refractivity contribution in [2.75, 3.05) is 0 Å². The molecule has 0 unspecified atom stereocenters. The Labute approximate surface area is 278 Å². The van der Waals surface area contributed by atoms with Crippen LogP contribution in [0.4, 0.5) is 0 Å². The van der Waals surface area contributed by atoms with Crippen LogP contribution < -0.4 is 0 Å². The highest BCUT2D eigenvalue weighted by Gasteiger charge is 2.47. The minimum Gasteiger partial charge on any atom is -0.457 e. The van der Waals surface area contributed by atoms with Gasteiger partial charge in [-0.3, -0.25) is 9.59 Å². The summed E-state index contributed by atoms with van der Waals surface area (Å²) >= 11 is 0. The lowest BCUT2D eigenvalue weighted by molar-refractivity contribution is -0.157. The van der Waals surface area contributed by atoms with Gasteiger partial charge in [0.1, 0.15) is 17.8 Å². The molecular formula is C36H62O9Si. The number of hydrogen-bond acceptors (Lipinski definition) is 9. The van der Waals surface area contributed by atoms with Crippen LogP contribution in [-0.4, -0.2) is 83.4 Å². The van der Waals surface area contributed by atoms with Gasteiger partial charge in [0, 0.05) is 25.2 Å². The van der Waals surface area contributed by atoms with E-state index in [9.17, 15) is 24.9 Å². The van der Waals surface area contributed by atoms with Crippen LogP contribution in [0.2, 0.25) is 18.1 Å². The van der Waals surface area contributed by atoms with Crippen molar-refractivity contribution in [2.45, 2.75) is 167 Å². The average Bonchev–Trinajstić information content (AvgIpc) is 3.67. The Morgan fingerprint density at radius 2 is 1.85 bits per heavy atom. The molecule has 2 heterocycles. The van der Waals surface area contributed by atoms with E-state index in [0.29, 0.717) is 19.3 Å². The van der Waals surface area contributed by atoms with Gasteiger partial charge in [-0.25, -0.2) is 0 Å². The van der Waals surface area contributed by atoms with Gasteiger partial charge >= 0.3 is 11.9 Å². The first-order valence-corrected chi connectivity index (χ1v) is 19.8. The van der Waals surface area contributed by atoms with Crippen molar-refractivity contribution in [1.82, 2.24) is 0 Å². The van der Waals surface area contributed by atoms with Gasteiger partial charge in [-0.1, -0.05) is 65.8 Å². The molecule has 2 aliphatic rings. The van der Waals surface area contributed by atoms with Gasteiger partial charge in [-0.2, -0.15) is 0 Å². The highest BCUT2D eigenvalue weighted by Crippen LogP contribution is 2.39. The number of esters is 2. The Bertz CT molecular complexity index is 1120. The maximum absolute atomic E-state index is 13.4. The van der Waals surface area contributed by atoms with E-state index in [0.717, 1.165) is 5.57 Å². The molecule has 2 rings (SSSR count). The molecule has 0 bridgehead atoms. The maximum Gasteiger partial charge on any atom is 0.308 e. The van der Waals surface area contributed by atoms with E-state index in [2.05, 4.69) is 33.9 Å². The molecule has 10 atom stereocenters. The van der Waals surface area contributed by atoms with Gasteiger partial charge in [-0.15, -0.1) is 0 Å². The van der Waals surface area contributed by atoms with E-state index in [1.807, 2.05) is 33.8 Å². The largest absolute Gasteiger partial charge is 0.457 e. The number of aliphatic hydroxyl groups is 3. The Morgan fingerprint density at radius 1 is 1.22 bits per heavy atom.